The Balaban J connectivity index is 1.22. The first kappa shape index (κ1) is 33.8. The number of methoxy groups -OCH3 is 1. The molecule has 2 amide bonds. The van der Waals surface area contributed by atoms with Crippen LogP contribution in [0.1, 0.15) is 29.4 Å². The molecule has 0 unspecified atom stereocenters. The molecule has 4 aromatic carbocycles. The molecule has 50 heavy (non-hydrogen) atoms. The molecular formula is C35H30FN7O6S. The molecule has 1 aromatic heterocycles. The van der Waals surface area contributed by atoms with Gasteiger partial charge in [-0.25, -0.2) is 9.40 Å². The number of hydrogen-bond acceptors (Lipinski definition) is 10. The molecule has 6 rings (SSSR count). The van der Waals surface area contributed by atoms with E-state index in [4.69, 9.17) is 14.6 Å². The van der Waals surface area contributed by atoms with Crippen LogP contribution in [0.25, 0.3) is 5.69 Å². The van der Waals surface area contributed by atoms with Crippen molar-refractivity contribution in [1.29, 1.82) is 0 Å². The number of carbonyl (C=O) groups is 2. The Labute approximate surface area is 289 Å². The summed E-state index contributed by atoms with van der Waals surface area (Å²) in [6.45, 7) is -0.264. The number of thioether (sulfide) groups is 1. The van der Waals surface area contributed by atoms with E-state index in [1.807, 2.05) is 30.3 Å². The van der Waals surface area contributed by atoms with Gasteiger partial charge in [0.2, 0.25) is 0 Å². The lowest BCUT2D eigenvalue weighted by Gasteiger charge is -2.22. The number of rotatable bonds is 13. The van der Waals surface area contributed by atoms with Crippen LogP contribution in [-0.2, 0) is 16.1 Å². The van der Waals surface area contributed by atoms with Gasteiger partial charge >= 0.3 is 0 Å². The number of ether oxygens (including phenoxy) is 2. The third-order valence-corrected chi connectivity index (χ3v) is 8.66. The van der Waals surface area contributed by atoms with E-state index in [9.17, 15) is 24.1 Å². The molecule has 254 valence electrons. The van der Waals surface area contributed by atoms with Crippen LogP contribution in [0.15, 0.2) is 113 Å². The van der Waals surface area contributed by atoms with Crippen molar-refractivity contribution < 1.29 is 28.4 Å². The van der Waals surface area contributed by atoms with Crippen molar-refractivity contribution >= 4 is 35.0 Å². The van der Waals surface area contributed by atoms with Gasteiger partial charge in [-0.15, -0.1) is 10.2 Å². The van der Waals surface area contributed by atoms with Crippen LogP contribution in [-0.4, -0.2) is 61.7 Å². The number of nitrogens with zero attached hydrogens (tertiary/aromatic N) is 6. The number of nitro groups is 1. The Hall–Kier alpha value is -6.09. The first-order chi connectivity index (χ1) is 24.3. The standard InChI is InChI=1S/C35H30FN7O6S/c1-48-28-17-9-23(10-18-28)30-19-31(24-7-11-25(36)12-8-24)42(40-30)34(45)22-50-35-39-38-32(41(35)26-13-15-27(16-14-26)43(46)47)20-37-33(44)21-49-29-5-3-2-4-6-29/h2-18,31H,19-22H2,1H3,(H,37,44)/t31-/m1/s1. The Morgan fingerprint density at radius 3 is 2.36 bits per heavy atom. The van der Waals surface area contributed by atoms with E-state index in [2.05, 4.69) is 15.5 Å². The minimum Gasteiger partial charge on any atom is -0.497 e. The number of halogens is 1. The number of nitrogens with one attached hydrogen (secondary N) is 1. The molecule has 0 radical (unpaired) electrons. The number of non-ortho nitro benzene ring substituents is 1. The fraction of sp³-hybridized carbons (Fsp3) is 0.171. The molecule has 13 nitrogen and oxygen atoms in total. The summed E-state index contributed by atoms with van der Waals surface area (Å²) >= 11 is 1.09. The molecule has 0 spiro atoms. The third kappa shape index (κ3) is 7.95. The molecule has 1 atom stereocenters. The maximum atomic E-state index is 13.8. The first-order valence-corrected chi connectivity index (χ1v) is 16.3. The lowest BCUT2D eigenvalue weighted by molar-refractivity contribution is -0.384. The highest BCUT2D eigenvalue weighted by atomic mass is 32.2. The Morgan fingerprint density at radius 2 is 1.68 bits per heavy atom. The molecule has 15 heteroatoms. The fourth-order valence-corrected chi connectivity index (χ4v) is 6.04. The number of aromatic nitrogens is 3. The van der Waals surface area contributed by atoms with Gasteiger partial charge in [-0.2, -0.15) is 5.10 Å². The van der Waals surface area contributed by atoms with E-state index in [1.54, 1.807) is 48.1 Å². The summed E-state index contributed by atoms with van der Waals surface area (Å²) in [5.41, 5.74) is 2.61. The van der Waals surface area contributed by atoms with Crippen LogP contribution >= 0.6 is 11.8 Å². The van der Waals surface area contributed by atoms with Gasteiger partial charge < -0.3 is 14.8 Å². The minimum absolute atomic E-state index is 0.0379. The summed E-state index contributed by atoms with van der Waals surface area (Å²) < 4.78 is 26.2. The van der Waals surface area contributed by atoms with Crippen LogP contribution in [0, 0.1) is 15.9 Å². The Bertz CT molecular complexity index is 2010. The van der Waals surface area contributed by atoms with Crippen molar-refractivity contribution in [2.75, 3.05) is 19.5 Å². The van der Waals surface area contributed by atoms with Gasteiger partial charge in [-0.05, 0) is 71.8 Å². The number of hydrogen-bond donors (Lipinski definition) is 1. The minimum atomic E-state index is -0.507. The van der Waals surface area contributed by atoms with Crippen molar-refractivity contribution in [1.82, 2.24) is 25.1 Å². The van der Waals surface area contributed by atoms with Gasteiger partial charge in [0, 0.05) is 24.2 Å². The molecule has 0 fully saturated rings. The van der Waals surface area contributed by atoms with Gasteiger partial charge in [0.15, 0.2) is 17.6 Å². The monoisotopic (exact) mass is 695 g/mol. The normalized spacial score (nSPS) is 13.8. The van der Waals surface area contributed by atoms with Crippen LogP contribution in [0.3, 0.4) is 0 Å². The average molecular weight is 696 g/mol. The predicted molar refractivity (Wildman–Crippen MR) is 183 cm³/mol. The van der Waals surface area contributed by atoms with E-state index in [0.29, 0.717) is 40.3 Å². The van der Waals surface area contributed by atoms with Crippen molar-refractivity contribution in [2.45, 2.75) is 24.2 Å². The predicted octanol–water partition coefficient (Wildman–Crippen LogP) is 5.49. The lowest BCUT2D eigenvalue weighted by Crippen LogP contribution is -2.29. The molecule has 0 bridgehead atoms. The molecular weight excluding hydrogens is 665 g/mol. The quantitative estimate of drug-likeness (QED) is 0.0957. The first-order valence-electron chi connectivity index (χ1n) is 15.3. The smallest absolute Gasteiger partial charge is 0.269 e. The molecule has 1 aliphatic rings. The summed E-state index contributed by atoms with van der Waals surface area (Å²) in [6.07, 6.45) is 0.408. The number of carbonyl (C=O) groups excluding carboxylic acids is 2. The van der Waals surface area contributed by atoms with Crippen LogP contribution < -0.4 is 14.8 Å². The molecule has 1 aliphatic heterocycles. The highest BCUT2D eigenvalue weighted by Gasteiger charge is 2.33. The van der Waals surface area contributed by atoms with Crippen molar-refractivity contribution in [2.24, 2.45) is 5.10 Å². The van der Waals surface area contributed by atoms with Crippen molar-refractivity contribution in [3.8, 4) is 17.2 Å². The third-order valence-electron chi connectivity index (χ3n) is 7.74. The summed E-state index contributed by atoms with van der Waals surface area (Å²) in [5.74, 6) is 0.328. The number of para-hydroxylation sites is 1. The van der Waals surface area contributed by atoms with Gasteiger partial charge in [-0.1, -0.05) is 42.1 Å². The largest absolute Gasteiger partial charge is 0.497 e. The SMILES string of the molecule is COc1ccc(C2=NN(C(=O)CSc3nnc(CNC(=O)COc4ccccc4)n3-c3ccc([N+](=O)[O-])cc3)[C@@H](c3ccc(F)cc3)C2)cc1. The zero-order valence-electron chi connectivity index (χ0n) is 26.6. The summed E-state index contributed by atoms with van der Waals surface area (Å²) in [7, 11) is 1.58. The van der Waals surface area contributed by atoms with Crippen LogP contribution in [0.4, 0.5) is 10.1 Å². The zero-order chi connectivity index (χ0) is 35.0. The number of amides is 2. The number of benzene rings is 4. The maximum Gasteiger partial charge on any atom is 0.269 e. The topological polar surface area (TPSA) is 154 Å². The Kier molecular flexibility index (Phi) is 10.4. The molecule has 1 N–H and O–H groups in total. The number of nitro benzene ring substituents is 1. The second-order valence-corrected chi connectivity index (χ2v) is 11.9. The van der Waals surface area contributed by atoms with E-state index >= 15 is 0 Å². The molecule has 0 aliphatic carbocycles. The summed E-state index contributed by atoms with van der Waals surface area (Å²) in [5, 5.41) is 29.0. The maximum absolute atomic E-state index is 13.8. The van der Waals surface area contributed by atoms with Gasteiger partial charge in [0.1, 0.15) is 17.3 Å². The molecule has 0 saturated heterocycles. The number of hydrazone groups is 1. The van der Waals surface area contributed by atoms with Gasteiger partial charge in [0.05, 0.1) is 36.1 Å². The second-order valence-electron chi connectivity index (χ2n) is 11.0. The van der Waals surface area contributed by atoms with Crippen LogP contribution in [0.2, 0.25) is 0 Å². The molecule has 0 saturated carbocycles. The van der Waals surface area contributed by atoms with E-state index in [0.717, 1.165) is 22.9 Å². The molecule has 5 aromatic rings. The summed E-state index contributed by atoms with van der Waals surface area (Å²) in [6, 6.07) is 27.5. The van der Waals surface area contributed by atoms with E-state index < -0.39 is 22.7 Å². The van der Waals surface area contributed by atoms with Crippen molar-refractivity contribution in [3.63, 3.8) is 0 Å². The van der Waals surface area contributed by atoms with E-state index in [1.165, 1.54) is 41.4 Å². The Morgan fingerprint density at radius 1 is 0.960 bits per heavy atom. The van der Waals surface area contributed by atoms with Gasteiger partial charge in [-0.3, -0.25) is 24.3 Å². The summed E-state index contributed by atoms with van der Waals surface area (Å²) in [4.78, 5) is 37.2. The molecule has 2 heterocycles. The van der Waals surface area contributed by atoms with Crippen molar-refractivity contribution in [3.05, 3.63) is 136 Å². The van der Waals surface area contributed by atoms with Crippen LogP contribution in [0.5, 0.6) is 11.5 Å². The lowest BCUT2D eigenvalue weighted by atomic mass is 9.98. The highest BCUT2D eigenvalue weighted by Crippen LogP contribution is 2.34. The fourth-order valence-electron chi connectivity index (χ4n) is 5.22. The zero-order valence-corrected chi connectivity index (χ0v) is 27.5. The highest BCUT2D eigenvalue weighted by molar-refractivity contribution is 7.99. The second kappa shape index (κ2) is 15.4. The average Bonchev–Trinajstić information content (AvgIpc) is 3.78. The van der Waals surface area contributed by atoms with E-state index in [-0.39, 0.29) is 30.5 Å². The van der Waals surface area contributed by atoms with Gasteiger partial charge in [0.25, 0.3) is 17.5 Å².